The molecule has 202 valence electrons. The van der Waals surface area contributed by atoms with Crippen molar-refractivity contribution in [2.45, 2.75) is 43.3 Å². The number of nitrogens with one attached hydrogen (secondary N) is 2. The molecule has 1 saturated carbocycles. The molecule has 2 N–H and O–H groups in total. The molecular formula is C29H38N6O2S. The number of amides is 2. The number of thiocarbonyl (C=S) groups is 1. The van der Waals surface area contributed by atoms with Crippen molar-refractivity contribution in [2.24, 2.45) is 0 Å². The lowest BCUT2D eigenvalue weighted by molar-refractivity contribution is -0.149. The molecule has 5 rings (SSSR count). The Bertz CT molecular complexity index is 1160. The molecule has 3 aliphatic rings. The van der Waals surface area contributed by atoms with Crippen LogP contribution >= 0.6 is 12.2 Å². The van der Waals surface area contributed by atoms with Crippen LogP contribution in [0.15, 0.2) is 54.6 Å². The topological polar surface area (TPSA) is 71.2 Å². The number of carbonyl (C=O) groups excluding carboxylic acids is 2. The van der Waals surface area contributed by atoms with Crippen molar-refractivity contribution in [1.82, 2.24) is 20.0 Å². The van der Waals surface area contributed by atoms with Crippen LogP contribution in [-0.2, 0) is 9.59 Å². The Morgan fingerprint density at radius 1 is 1.05 bits per heavy atom. The molecule has 0 aromatic heterocycles. The van der Waals surface area contributed by atoms with Crippen molar-refractivity contribution in [3.63, 3.8) is 0 Å². The molecule has 38 heavy (non-hydrogen) atoms. The minimum absolute atomic E-state index is 0.0204. The van der Waals surface area contributed by atoms with Crippen LogP contribution in [0, 0.1) is 0 Å². The summed E-state index contributed by atoms with van der Waals surface area (Å²) in [7, 11) is 6.05. The van der Waals surface area contributed by atoms with E-state index < -0.39 is 5.54 Å². The van der Waals surface area contributed by atoms with Gasteiger partial charge in [-0.3, -0.25) is 9.59 Å². The molecule has 9 heteroatoms. The Balaban J connectivity index is 1.35. The van der Waals surface area contributed by atoms with E-state index >= 15 is 0 Å². The van der Waals surface area contributed by atoms with Crippen molar-refractivity contribution >= 4 is 40.5 Å². The number of anilines is 2. The quantitative estimate of drug-likeness (QED) is 0.505. The molecule has 1 aliphatic carbocycles. The van der Waals surface area contributed by atoms with Crippen molar-refractivity contribution in [3.05, 3.63) is 60.2 Å². The van der Waals surface area contributed by atoms with E-state index in [9.17, 15) is 9.59 Å². The largest absolute Gasteiger partial charge is 0.378 e. The first-order chi connectivity index (χ1) is 18.3. The number of carbonyl (C=O) groups is 2. The third kappa shape index (κ3) is 5.49. The van der Waals surface area contributed by atoms with Crippen LogP contribution in [0.1, 0.15) is 37.3 Å². The van der Waals surface area contributed by atoms with E-state index in [-0.39, 0.29) is 30.4 Å². The average molecular weight is 535 g/mol. The Morgan fingerprint density at radius 3 is 2.32 bits per heavy atom. The summed E-state index contributed by atoms with van der Waals surface area (Å²) < 4.78 is 0. The molecule has 2 heterocycles. The summed E-state index contributed by atoms with van der Waals surface area (Å²) >= 11 is 5.63. The average Bonchev–Trinajstić information content (AvgIpc) is 3.68. The third-order valence-corrected chi connectivity index (χ3v) is 8.41. The lowest BCUT2D eigenvalue weighted by atomic mass is 9.84. The highest BCUT2D eigenvalue weighted by Crippen LogP contribution is 2.40. The molecule has 1 atom stereocenters. The number of rotatable bonds is 8. The van der Waals surface area contributed by atoms with E-state index in [4.69, 9.17) is 12.2 Å². The number of benzene rings is 2. The number of hydrogen-bond acceptors (Lipinski definition) is 5. The molecule has 8 nitrogen and oxygen atoms in total. The van der Waals surface area contributed by atoms with Crippen LogP contribution in [0.3, 0.4) is 0 Å². The fourth-order valence-electron chi connectivity index (χ4n) is 5.62. The summed E-state index contributed by atoms with van der Waals surface area (Å²) in [5.41, 5.74) is 2.09. The van der Waals surface area contributed by atoms with Gasteiger partial charge in [0, 0.05) is 51.1 Å². The van der Waals surface area contributed by atoms with Gasteiger partial charge in [-0.25, -0.2) is 0 Å². The predicted octanol–water partition coefficient (Wildman–Crippen LogP) is 3.08. The number of nitrogens with zero attached hydrogens (tertiary/aromatic N) is 4. The summed E-state index contributed by atoms with van der Waals surface area (Å²) in [6.45, 7) is 2.34. The molecule has 2 amide bonds. The van der Waals surface area contributed by atoms with E-state index in [1.165, 1.54) is 0 Å². The smallest absolute Gasteiger partial charge is 0.250 e. The standard InChI is InChI=1S/C29H38N6O2S/c1-32(2)23-11-9-22(10-12-23)30-27(37)29(15-17-33(3)18-16-29)35(24-13-14-24)26(36)20-34-19-25(31-28(34)38)21-7-5-4-6-8-21/h4-12,24-25H,13-20H2,1-3H3,(H,30,37)(H,31,38). The zero-order chi connectivity index (χ0) is 26.9. The third-order valence-electron chi connectivity index (χ3n) is 8.04. The molecule has 3 fully saturated rings. The molecule has 0 bridgehead atoms. The molecule has 0 spiro atoms. The summed E-state index contributed by atoms with van der Waals surface area (Å²) in [4.78, 5) is 36.2. The SMILES string of the molecule is CN1CCC(C(=O)Nc2ccc(N(C)C)cc2)(N(C(=O)CN2CC(c3ccccc3)NC2=S)C2CC2)CC1. The zero-order valence-electron chi connectivity index (χ0n) is 22.5. The monoisotopic (exact) mass is 534 g/mol. The second kappa shape index (κ2) is 10.9. The minimum Gasteiger partial charge on any atom is -0.378 e. The molecule has 2 aromatic rings. The van der Waals surface area contributed by atoms with Crippen LogP contribution in [-0.4, -0.2) is 90.5 Å². The molecule has 1 unspecified atom stereocenters. The Morgan fingerprint density at radius 2 is 1.71 bits per heavy atom. The van der Waals surface area contributed by atoms with Crippen LogP contribution in [0.25, 0.3) is 0 Å². The summed E-state index contributed by atoms with van der Waals surface area (Å²) in [6, 6.07) is 18.2. The lowest BCUT2D eigenvalue weighted by Gasteiger charge is -2.47. The highest BCUT2D eigenvalue weighted by atomic mass is 32.1. The Labute approximate surface area is 230 Å². The molecule has 0 radical (unpaired) electrons. The molecule has 2 saturated heterocycles. The molecule has 2 aromatic carbocycles. The highest BCUT2D eigenvalue weighted by Gasteiger charge is 2.53. The highest BCUT2D eigenvalue weighted by molar-refractivity contribution is 7.80. The van der Waals surface area contributed by atoms with Gasteiger partial charge < -0.3 is 30.2 Å². The molecule has 2 aliphatic heterocycles. The fourth-order valence-corrected chi connectivity index (χ4v) is 5.90. The number of hydrogen-bond donors (Lipinski definition) is 2. The Hall–Kier alpha value is -3.17. The maximum atomic E-state index is 14.0. The maximum Gasteiger partial charge on any atom is 0.250 e. The van der Waals surface area contributed by atoms with Crippen molar-refractivity contribution < 1.29 is 9.59 Å². The number of likely N-dealkylation sites (tertiary alicyclic amines) is 1. The first-order valence-electron chi connectivity index (χ1n) is 13.5. The Kier molecular flexibility index (Phi) is 7.59. The van der Waals surface area contributed by atoms with Gasteiger partial charge in [0.1, 0.15) is 5.54 Å². The van der Waals surface area contributed by atoms with Crippen molar-refractivity contribution in [2.75, 3.05) is 57.5 Å². The van der Waals surface area contributed by atoms with E-state index in [1.54, 1.807) is 0 Å². The van der Waals surface area contributed by atoms with Crippen molar-refractivity contribution in [3.8, 4) is 0 Å². The number of piperidine rings is 1. The van der Waals surface area contributed by atoms with Gasteiger partial charge in [-0.1, -0.05) is 30.3 Å². The van der Waals surface area contributed by atoms with Crippen molar-refractivity contribution in [1.29, 1.82) is 0 Å². The maximum absolute atomic E-state index is 14.0. The van der Waals surface area contributed by atoms with Gasteiger partial charge in [-0.15, -0.1) is 0 Å². The first-order valence-corrected chi connectivity index (χ1v) is 13.9. The van der Waals surface area contributed by atoms with Gasteiger partial charge in [-0.2, -0.15) is 0 Å². The van der Waals surface area contributed by atoms with Crippen LogP contribution in [0.4, 0.5) is 11.4 Å². The van der Waals surface area contributed by atoms with Gasteiger partial charge in [0.2, 0.25) is 11.8 Å². The predicted molar refractivity (Wildman–Crippen MR) is 155 cm³/mol. The van der Waals surface area contributed by atoms with Crippen LogP contribution in [0.5, 0.6) is 0 Å². The second-order valence-corrected chi connectivity index (χ2v) is 11.4. The van der Waals surface area contributed by atoms with E-state index in [0.717, 1.165) is 42.9 Å². The fraction of sp³-hybridized carbons (Fsp3) is 0.483. The van der Waals surface area contributed by atoms with Gasteiger partial charge in [0.05, 0.1) is 12.6 Å². The van der Waals surface area contributed by atoms with Gasteiger partial charge in [-0.05, 0) is 74.8 Å². The lowest BCUT2D eigenvalue weighted by Crippen LogP contribution is -2.65. The van der Waals surface area contributed by atoms with E-state index in [0.29, 0.717) is 24.5 Å². The molecular weight excluding hydrogens is 496 g/mol. The van der Waals surface area contributed by atoms with Gasteiger partial charge in [0.15, 0.2) is 5.11 Å². The summed E-state index contributed by atoms with van der Waals surface area (Å²) in [5.74, 6) is -0.110. The normalized spacial score (nSPS) is 21.1. The van der Waals surface area contributed by atoms with Crippen LogP contribution in [0.2, 0.25) is 0 Å². The van der Waals surface area contributed by atoms with Gasteiger partial charge in [0.25, 0.3) is 0 Å². The van der Waals surface area contributed by atoms with E-state index in [2.05, 4.69) is 34.7 Å². The first kappa shape index (κ1) is 26.4. The minimum atomic E-state index is -0.876. The van der Waals surface area contributed by atoms with Crippen LogP contribution < -0.4 is 15.5 Å². The van der Waals surface area contributed by atoms with E-state index in [1.807, 2.05) is 71.3 Å². The van der Waals surface area contributed by atoms with Gasteiger partial charge >= 0.3 is 0 Å². The summed E-state index contributed by atoms with van der Waals surface area (Å²) in [6.07, 6.45) is 3.10. The second-order valence-electron chi connectivity index (χ2n) is 11.0. The summed E-state index contributed by atoms with van der Waals surface area (Å²) in [5, 5.41) is 7.12. The zero-order valence-corrected chi connectivity index (χ0v) is 23.3.